The molecule has 0 aliphatic carbocycles. The Morgan fingerprint density at radius 1 is 1.38 bits per heavy atom. The van der Waals surface area contributed by atoms with Crippen LogP contribution in [-0.4, -0.2) is 51.8 Å². The molecule has 1 fully saturated rings. The van der Waals surface area contributed by atoms with E-state index >= 15 is 0 Å². The molecule has 1 saturated heterocycles. The molecule has 110 valence electrons. The Hall–Kier alpha value is -2.97. The summed E-state index contributed by atoms with van der Waals surface area (Å²) in [6, 6.07) is 0.622. The molecule has 1 aliphatic rings. The first-order valence-electron chi connectivity index (χ1n) is 5.95. The van der Waals surface area contributed by atoms with Crippen LogP contribution in [0.5, 0.6) is 0 Å². The van der Waals surface area contributed by atoms with Crippen LogP contribution < -0.4 is 5.32 Å². The number of carbonyl (C=O) groups excluding carboxylic acids is 4. The van der Waals surface area contributed by atoms with E-state index in [1.165, 1.54) is 12.1 Å². The zero-order valence-corrected chi connectivity index (χ0v) is 11.2. The predicted molar refractivity (Wildman–Crippen MR) is 68.9 cm³/mol. The van der Waals surface area contributed by atoms with Crippen molar-refractivity contribution in [3.63, 3.8) is 0 Å². The number of imide groups is 2. The third-order valence-electron chi connectivity index (χ3n) is 2.64. The van der Waals surface area contributed by atoms with Gasteiger partial charge in [-0.1, -0.05) is 11.2 Å². The summed E-state index contributed by atoms with van der Waals surface area (Å²) in [5.74, 6) is -2.05. The molecule has 0 unspecified atom stereocenters. The lowest BCUT2D eigenvalue weighted by Crippen LogP contribution is -2.39. The third-order valence-corrected chi connectivity index (χ3v) is 2.64. The fraction of sp³-hybridized carbons (Fsp3) is 0.250. The highest BCUT2D eigenvalue weighted by atomic mass is 16.5. The van der Waals surface area contributed by atoms with Gasteiger partial charge < -0.3 is 9.84 Å². The van der Waals surface area contributed by atoms with Crippen LogP contribution >= 0.6 is 0 Å². The van der Waals surface area contributed by atoms with Crippen LogP contribution in [0, 0.1) is 6.92 Å². The summed E-state index contributed by atoms with van der Waals surface area (Å²) in [4.78, 5) is 48.1. The second-order valence-corrected chi connectivity index (χ2v) is 4.25. The van der Waals surface area contributed by atoms with Gasteiger partial charge in [-0.25, -0.2) is 9.69 Å². The zero-order valence-electron chi connectivity index (χ0n) is 11.2. The van der Waals surface area contributed by atoms with Gasteiger partial charge in [0.05, 0.1) is 0 Å². The standard InChI is InChI=1S/C12H12N4O5/c1-3-4-15-10(18)11(19)16(12(15)20)6-9(17)13-8-5-7(2)21-14-8/h3,5H,1,4,6H2,2H3,(H,13,14,17). The van der Waals surface area contributed by atoms with Crippen LogP contribution in [0.25, 0.3) is 0 Å². The highest BCUT2D eigenvalue weighted by Crippen LogP contribution is 2.12. The Labute approximate surface area is 119 Å². The molecule has 5 amide bonds. The van der Waals surface area contributed by atoms with E-state index in [1.807, 2.05) is 0 Å². The van der Waals surface area contributed by atoms with Crippen molar-refractivity contribution >= 4 is 29.6 Å². The second kappa shape index (κ2) is 5.57. The minimum Gasteiger partial charge on any atom is -0.360 e. The maximum atomic E-state index is 11.9. The Morgan fingerprint density at radius 2 is 2.05 bits per heavy atom. The zero-order chi connectivity index (χ0) is 15.6. The minimum atomic E-state index is -1.05. The molecular formula is C12H12N4O5. The van der Waals surface area contributed by atoms with Crippen molar-refractivity contribution in [3.05, 3.63) is 24.5 Å². The first kappa shape index (κ1) is 14.4. The number of hydrogen-bond acceptors (Lipinski definition) is 6. The number of rotatable bonds is 5. The number of anilines is 1. The fourth-order valence-corrected chi connectivity index (χ4v) is 1.73. The molecule has 0 aromatic carbocycles. The average molecular weight is 292 g/mol. The van der Waals surface area contributed by atoms with E-state index in [1.54, 1.807) is 6.92 Å². The van der Waals surface area contributed by atoms with Crippen molar-refractivity contribution < 1.29 is 23.7 Å². The molecule has 9 nitrogen and oxygen atoms in total. The third kappa shape index (κ3) is 2.81. The number of nitrogens with one attached hydrogen (secondary N) is 1. The maximum absolute atomic E-state index is 11.9. The predicted octanol–water partition coefficient (Wildman–Crippen LogP) is -0.102. The van der Waals surface area contributed by atoms with Crippen molar-refractivity contribution in [2.45, 2.75) is 6.92 Å². The number of aromatic nitrogens is 1. The van der Waals surface area contributed by atoms with Gasteiger partial charge in [-0.2, -0.15) is 0 Å². The normalized spacial score (nSPS) is 14.8. The molecule has 9 heteroatoms. The van der Waals surface area contributed by atoms with Gasteiger partial charge in [-0.15, -0.1) is 6.58 Å². The number of aryl methyl sites for hydroxylation is 1. The van der Waals surface area contributed by atoms with Crippen molar-refractivity contribution in [1.29, 1.82) is 0 Å². The number of nitrogens with zero attached hydrogens (tertiary/aromatic N) is 3. The number of carbonyl (C=O) groups is 4. The van der Waals surface area contributed by atoms with Crippen molar-refractivity contribution in [1.82, 2.24) is 15.0 Å². The van der Waals surface area contributed by atoms with E-state index in [0.717, 1.165) is 0 Å². The van der Waals surface area contributed by atoms with Gasteiger partial charge in [0, 0.05) is 12.6 Å². The summed E-state index contributed by atoms with van der Waals surface area (Å²) < 4.78 is 4.76. The van der Waals surface area contributed by atoms with Crippen LogP contribution in [0.2, 0.25) is 0 Å². The topological polar surface area (TPSA) is 113 Å². The molecular weight excluding hydrogens is 280 g/mol. The molecule has 0 atom stereocenters. The van der Waals surface area contributed by atoms with E-state index in [-0.39, 0.29) is 12.4 Å². The molecule has 0 spiro atoms. The molecule has 21 heavy (non-hydrogen) atoms. The monoisotopic (exact) mass is 292 g/mol. The minimum absolute atomic E-state index is 0.0932. The van der Waals surface area contributed by atoms with Gasteiger partial charge >= 0.3 is 17.8 Å². The SMILES string of the molecule is C=CCN1C(=O)C(=O)N(CC(=O)Nc2cc(C)on2)C1=O. The first-order valence-corrected chi connectivity index (χ1v) is 5.95. The van der Waals surface area contributed by atoms with E-state index in [4.69, 9.17) is 4.52 Å². The van der Waals surface area contributed by atoms with E-state index < -0.39 is 30.3 Å². The lowest BCUT2D eigenvalue weighted by Gasteiger charge is -2.13. The van der Waals surface area contributed by atoms with Gasteiger partial charge in [0.2, 0.25) is 5.91 Å². The van der Waals surface area contributed by atoms with Crippen LogP contribution in [0.3, 0.4) is 0 Å². The molecule has 1 N–H and O–H groups in total. The quantitative estimate of drug-likeness (QED) is 0.460. The van der Waals surface area contributed by atoms with Gasteiger partial charge in [0.1, 0.15) is 12.3 Å². The molecule has 1 aromatic rings. The molecule has 0 radical (unpaired) electrons. The van der Waals surface area contributed by atoms with Gasteiger partial charge in [0.15, 0.2) is 5.82 Å². The summed E-state index contributed by atoms with van der Waals surface area (Å²) in [7, 11) is 0. The Kier molecular flexibility index (Phi) is 3.83. The van der Waals surface area contributed by atoms with Crippen LogP contribution in [0.15, 0.2) is 23.2 Å². The molecule has 0 saturated carbocycles. The smallest absolute Gasteiger partial charge is 0.335 e. The Bertz CT molecular complexity index is 635. The van der Waals surface area contributed by atoms with Crippen LogP contribution in [0.4, 0.5) is 10.6 Å². The van der Waals surface area contributed by atoms with Crippen molar-refractivity contribution in [2.24, 2.45) is 0 Å². The lowest BCUT2D eigenvalue weighted by molar-refractivity contribution is -0.143. The molecule has 2 heterocycles. The summed E-state index contributed by atoms with van der Waals surface area (Å²) in [6.07, 6.45) is 1.31. The van der Waals surface area contributed by atoms with Gasteiger partial charge in [0.25, 0.3) is 0 Å². The number of amides is 5. The number of urea groups is 1. The van der Waals surface area contributed by atoms with Crippen LogP contribution in [-0.2, 0) is 14.4 Å². The summed E-state index contributed by atoms with van der Waals surface area (Å²) in [5, 5.41) is 5.89. The Morgan fingerprint density at radius 3 is 2.62 bits per heavy atom. The molecule has 1 aromatic heterocycles. The Balaban J connectivity index is 2.03. The van der Waals surface area contributed by atoms with Crippen molar-refractivity contribution in [2.75, 3.05) is 18.4 Å². The number of hydrogen-bond donors (Lipinski definition) is 1. The first-order chi connectivity index (χ1) is 9.93. The maximum Gasteiger partial charge on any atom is 0.335 e. The molecule has 1 aliphatic heterocycles. The summed E-state index contributed by atoms with van der Waals surface area (Å²) in [5.41, 5.74) is 0. The van der Waals surface area contributed by atoms with Gasteiger partial charge in [-0.3, -0.25) is 19.3 Å². The van der Waals surface area contributed by atoms with Gasteiger partial charge in [-0.05, 0) is 6.92 Å². The van der Waals surface area contributed by atoms with E-state index in [2.05, 4.69) is 17.1 Å². The highest BCUT2D eigenvalue weighted by Gasteiger charge is 2.44. The lowest BCUT2D eigenvalue weighted by atomic mass is 10.4. The summed E-state index contributed by atoms with van der Waals surface area (Å²) in [6.45, 7) is 4.36. The summed E-state index contributed by atoms with van der Waals surface area (Å²) >= 11 is 0. The molecule has 2 rings (SSSR count). The molecule has 0 bridgehead atoms. The van der Waals surface area contributed by atoms with E-state index in [0.29, 0.717) is 15.6 Å². The fourth-order valence-electron chi connectivity index (χ4n) is 1.73. The van der Waals surface area contributed by atoms with Crippen LogP contribution in [0.1, 0.15) is 5.76 Å². The average Bonchev–Trinajstić information content (AvgIpc) is 2.91. The highest BCUT2D eigenvalue weighted by molar-refractivity contribution is 6.45. The second-order valence-electron chi connectivity index (χ2n) is 4.25. The largest absolute Gasteiger partial charge is 0.360 e. The van der Waals surface area contributed by atoms with E-state index in [9.17, 15) is 19.2 Å². The van der Waals surface area contributed by atoms with Crippen molar-refractivity contribution in [3.8, 4) is 0 Å².